The van der Waals surface area contributed by atoms with E-state index in [1.54, 1.807) is 11.3 Å². The number of carbonyl (C=O) groups is 1. The van der Waals surface area contributed by atoms with Gasteiger partial charge >= 0.3 is 0 Å². The molecule has 0 atom stereocenters. The summed E-state index contributed by atoms with van der Waals surface area (Å²) in [7, 11) is 0. The zero-order chi connectivity index (χ0) is 13.7. The number of hydrogen-bond donors (Lipinski definition) is 2. The van der Waals surface area contributed by atoms with Gasteiger partial charge in [0, 0.05) is 10.6 Å². The number of hydrogen-bond acceptors (Lipinski definition) is 3. The van der Waals surface area contributed by atoms with Gasteiger partial charge < -0.3 is 11.1 Å². The molecule has 1 aromatic heterocycles. The monoisotopic (exact) mass is 274 g/mol. The molecule has 100 valence electrons. The van der Waals surface area contributed by atoms with Gasteiger partial charge in [0.1, 0.15) is 0 Å². The summed E-state index contributed by atoms with van der Waals surface area (Å²) in [5.41, 5.74) is 8.63. The summed E-state index contributed by atoms with van der Waals surface area (Å²) >= 11 is 1.69. The Morgan fingerprint density at radius 2 is 2.00 bits per heavy atom. The molecule has 0 fully saturated rings. The van der Waals surface area contributed by atoms with E-state index in [9.17, 15) is 4.79 Å². The fourth-order valence-corrected chi connectivity index (χ4v) is 2.82. The van der Waals surface area contributed by atoms with Crippen LogP contribution in [-0.2, 0) is 24.2 Å². The van der Waals surface area contributed by atoms with Crippen molar-refractivity contribution in [2.75, 3.05) is 5.73 Å². The maximum Gasteiger partial charge on any atom is 0.224 e. The van der Waals surface area contributed by atoms with Crippen molar-refractivity contribution >= 4 is 22.9 Å². The van der Waals surface area contributed by atoms with E-state index in [1.807, 2.05) is 24.3 Å². The van der Waals surface area contributed by atoms with E-state index in [0.29, 0.717) is 13.0 Å². The largest absolute Gasteiger partial charge is 0.399 e. The highest BCUT2D eigenvalue weighted by Crippen LogP contribution is 2.17. The van der Waals surface area contributed by atoms with Crippen molar-refractivity contribution in [1.29, 1.82) is 0 Å². The third-order valence-corrected chi connectivity index (χ3v) is 3.97. The quantitative estimate of drug-likeness (QED) is 0.824. The SMILES string of the molecule is CCc1ccsc1CNC(=O)Cc1ccc(N)cc1. The summed E-state index contributed by atoms with van der Waals surface area (Å²) in [6.07, 6.45) is 1.40. The number of nitrogens with one attached hydrogen (secondary N) is 1. The van der Waals surface area contributed by atoms with E-state index in [-0.39, 0.29) is 5.91 Å². The van der Waals surface area contributed by atoms with Gasteiger partial charge in [-0.15, -0.1) is 11.3 Å². The molecule has 19 heavy (non-hydrogen) atoms. The Morgan fingerprint density at radius 1 is 1.26 bits per heavy atom. The van der Waals surface area contributed by atoms with Gasteiger partial charge in [-0.1, -0.05) is 19.1 Å². The Hall–Kier alpha value is -1.81. The van der Waals surface area contributed by atoms with Crippen LogP contribution in [0.5, 0.6) is 0 Å². The minimum atomic E-state index is 0.0419. The fraction of sp³-hybridized carbons (Fsp3) is 0.267. The van der Waals surface area contributed by atoms with Crippen molar-refractivity contribution in [1.82, 2.24) is 5.32 Å². The minimum absolute atomic E-state index is 0.0419. The molecule has 2 aromatic rings. The van der Waals surface area contributed by atoms with Gasteiger partial charge in [0.2, 0.25) is 5.91 Å². The molecule has 3 N–H and O–H groups in total. The second-order valence-corrected chi connectivity index (χ2v) is 5.42. The Bertz CT molecular complexity index is 546. The van der Waals surface area contributed by atoms with Crippen molar-refractivity contribution < 1.29 is 4.79 Å². The number of nitrogen functional groups attached to an aromatic ring is 1. The minimum Gasteiger partial charge on any atom is -0.399 e. The molecule has 0 saturated carbocycles. The Morgan fingerprint density at radius 3 is 2.68 bits per heavy atom. The molecule has 0 aliphatic rings. The van der Waals surface area contributed by atoms with E-state index in [0.717, 1.165) is 17.7 Å². The predicted molar refractivity (Wildman–Crippen MR) is 80.1 cm³/mol. The van der Waals surface area contributed by atoms with Crippen molar-refractivity contribution in [3.05, 3.63) is 51.7 Å². The fourth-order valence-electron chi connectivity index (χ4n) is 1.90. The van der Waals surface area contributed by atoms with Crippen molar-refractivity contribution in [3.63, 3.8) is 0 Å². The lowest BCUT2D eigenvalue weighted by Crippen LogP contribution is -2.24. The van der Waals surface area contributed by atoms with Crippen LogP contribution in [-0.4, -0.2) is 5.91 Å². The molecule has 3 nitrogen and oxygen atoms in total. The van der Waals surface area contributed by atoms with E-state index >= 15 is 0 Å². The summed E-state index contributed by atoms with van der Waals surface area (Å²) in [6.45, 7) is 2.75. The van der Waals surface area contributed by atoms with E-state index in [2.05, 4.69) is 23.7 Å². The molecule has 1 amide bonds. The molecular weight excluding hydrogens is 256 g/mol. The van der Waals surface area contributed by atoms with Crippen molar-refractivity contribution in [2.24, 2.45) is 0 Å². The Kier molecular flexibility index (Phi) is 4.58. The van der Waals surface area contributed by atoms with Gasteiger partial charge in [0.05, 0.1) is 13.0 Å². The van der Waals surface area contributed by atoms with Crippen LogP contribution in [0, 0.1) is 0 Å². The lowest BCUT2D eigenvalue weighted by atomic mass is 10.1. The first kappa shape index (κ1) is 13.6. The topological polar surface area (TPSA) is 55.1 Å². The molecule has 0 unspecified atom stereocenters. The van der Waals surface area contributed by atoms with Crippen molar-refractivity contribution in [2.45, 2.75) is 26.3 Å². The van der Waals surface area contributed by atoms with Crippen LogP contribution >= 0.6 is 11.3 Å². The second kappa shape index (κ2) is 6.38. The van der Waals surface area contributed by atoms with Crippen LogP contribution in [0.15, 0.2) is 35.7 Å². The summed E-state index contributed by atoms with van der Waals surface area (Å²) < 4.78 is 0. The standard InChI is InChI=1S/C15H18N2OS/c1-2-12-7-8-19-14(12)10-17-15(18)9-11-3-5-13(16)6-4-11/h3-8H,2,9-10,16H2,1H3,(H,17,18). The molecule has 1 aromatic carbocycles. The van der Waals surface area contributed by atoms with Crippen LogP contribution in [0.25, 0.3) is 0 Å². The molecule has 0 aliphatic carbocycles. The van der Waals surface area contributed by atoms with Gasteiger partial charge in [-0.25, -0.2) is 0 Å². The highest BCUT2D eigenvalue weighted by Gasteiger charge is 2.06. The lowest BCUT2D eigenvalue weighted by molar-refractivity contribution is -0.120. The highest BCUT2D eigenvalue weighted by molar-refractivity contribution is 7.10. The molecule has 0 aliphatic heterocycles. The summed E-state index contributed by atoms with van der Waals surface area (Å²) in [5, 5.41) is 5.03. The van der Waals surface area contributed by atoms with Crippen LogP contribution in [0.3, 0.4) is 0 Å². The number of amides is 1. The molecule has 0 spiro atoms. The number of carbonyl (C=O) groups excluding carboxylic acids is 1. The van der Waals surface area contributed by atoms with Crippen molar-refractivity contribution in [3.8, 4) is 0 Å². The number of nitrogens with two attached hydrogens (primary N) is 1. The first-order valence-corrected chi connectivity index (χ1v) is 7.23. The number of thiophene rings is 1. The predicted octanol–water partition coefficient (Wildman–Crippen LogP) is 2.75. The first-order chi connectivity index (χ1) is 9.19. The number of rotatable bonds is 5. The number of anilines is 1. The molecule has 0 saturated heterocycles. The number of benzene rings is 1. The average Bonchev–Trinajstić information content (AvgIpc) is 2.86. The molecule has 0 bridgehead atoms. The maximum absolute atomic E-state index is 11.9. The smallest absolute Gasteiger partial charge is 0.224 e. The average molecular weight is 274 g/mol. The van der Waals surface area contributed by atoms with Gasteiger partial charge in [0.15, 0.2) is 0 Å². The zero-order valence-corrected chi connectivity index (χ0v) is 11.8. The second-order valence-electron chi connectivity index (χ2n) is 4.42. The highest BCUT2D eigenvalue weighted by atomic mass is 32.1. The third kappa shape index (κ3) is 3.83. The Balaban J connectivity index is 1.86. The normalized spacial score (nSPS) is 10.4. The Labute approximate surface area is 117 Å². The third-order valence-electron chi connectivity index (χ3n) is 3.01. The van der Waals surface area contributed by atoms with E-state index < -0.39 is 0 Å². The lowest BCUT2D eigenvalue weighted by Gasteiger charge is -2.06. The molecule has 1 heterocycles. The number of aryl methyl sites for hydroxylation is 1. The maximum atomic E-state index is 11.9. The van der Waals surface area contributed by atoms with Crippen LogP contribution in [0.4, 0.5) is 5.69 Å². The zero-order valence-electron chi connectivity index (χ0n) is 11.0. The van der Waals surface area contributed by atoms with Crippen LogP contribution < -0.4 is 11.1 Å². The summed E-state index contributed by atoms with van der Waals surface area (Å²) in [6, 6.07) is 9.52. The van der Waals surface area contributed by atoms with Crippen LogP contribution in [0.2, 0.25) is 0 Å². The summed E-state index contributed by atoms with van der Waals surface area (Å²) in [5.74, 6) is 0.0419. The van der Waals surface area contributed by atoms with Gasteiger partial charge in [-0.2, -0.15) is 0 Å². The molecule has 2 rings (SSSR count). The van der Waals surface area contributed by atoms with E-state index in [4.69, 9.17) is 5.73 Å². The first-order valence-electron chi connectivity index (χ1n) is 6.35. The molecule has 0 radical (unpaired) electrons. The molecular formula is C15H18N2OS. The van der Waals surface area contributed by atoms with Gasteiger partial charge in [0.25, 0.3) is 0 Å². The molecule has 4 heteroatoms. The van der Waals surface area contributed by atoms with Gasteiger partial charge in [-0.05, 0) is 41.1 Å². The van der Waals surface area contributed by atoms with Crippen LogP contribution in [0.1, 0.15) is 22.9 Å². The van der Waals surface area contributed by atoms with E-state index in [1.165, 1.54) is 10.4 Å². The van der Waals surface area contributed by atoms with Gasteiger partial charge in [-0.3, -0.25) is 4.79 Å². The summed E-state index contributed by atoms with van der Waals surface area (Å²) in [4.78, 5) is 13.1.